The van der Waals surface area contributed by atoms with Crippen LogP contribution in [-0.4, -0.2) is 18.6 Å². The van der Waals surface area contributed by atoms with Gasteiger partial charge < -0.3 is 4.90 Å². The second-order valence-electron chi connectivity index (χ2n) is 3.65. The van der Waals surface area contributed by atoms with Crippen molar-refractivity contribution in [1.29, 1.82) is 0 Å². The molecule has 0 saturated heterocycles. The molecule has 13 heavy (non-hydrogen) atoms. The molecule has 0 unspecified atom stereocenters. The van der Waals surface area contributed by atoms with E-state index in [9.17, 15) is 0 Å². The molecular formula is C10H13BrN2. The van der Waals surface area contributed by atoms with Gasteiger partial charge in [-0.15, -0.1) is 0 Å². The molecule has 2 nitrogen and oxygen atoms in total. The van der Waals surface area contributed by atoms with Gasteiger partial charge in [0.2, 0.25) is 0 Å². The van der Waals surface area contributed by atoms with Gasteiger partial charge in [-0.2, -0.15) is 0 Å². The van der Waals surface area contributed by atoms with Crippen molar-refractivity contribution in [2.24, 2.45) is 5.92 Å². The van der Waals surface area contributed by atoms with Crippen LogP contribution in [0, 0.1) is 5.92 Å². The lowest BCUT2D eigenvalue weighted by atomic mass is 10.3. The molecular weight excluding hydrogens is 228 g/mol. The van der Waals surface area contributed by atoms with Gasteiger partial charge in [0.15, 0.2) is 0 Å². The quantitative estimate of drug-likeness (QED) is 0.808. The molecule has 0 amide bonds. The molecule has 1 aromatic heterocycles. The Balaban J connectivity index is 2.09. The van der Waals surface area contributed by atoms with E-state index in [0.717, 1.165) is 10.4 Å². The number of rotatable bonds is 3. The number of nitrogens with zero attached hydrogens (tertiary/aromatic N) is 2. The zero-order valence-electron chi connectivity index (χ0n) is 7.70. The summed E-state index contributed by atoms with van der Waals surface area (Å²) in [4.78, 5) is 6.34. The summed E-state index contributed by atoms with van der Waals surface area (Å²) in [6.07, 6.45) is 6.47. The number of hydrogen-bond donors (Lipinski definition) is 0. The first-order valence-corrected chi connectivity index (χ1v) is 5.37. The molecule has 70 valence electrons. The Labute approximate surface area is 87.1 Å². The van der Waals surface area contributed by atoms with Crippen molar-refractivity contribution >= 4 is 21.6 Å². The molecule has 3 heteroatoms. The number of pyridine rings is 1. The summed E-state index contributed by atoms with van der Waals surface area (Å²) < 4.78 is 1.08. The average Bonchev–Trinajstić information content (AvgIpc) is 2.89. The van der Waals surface area contributed by atoms with Crippen molar-refractivity contribution in [1.82, 2.24) is 4.98 Å². The smallest absolute Gasteiger partial charge is 0.0592 e. The normalized spacial score (nSPS) is 15.8. The number of anilines is 1. The molecule has 1 heterocycles. The minimum atomic E-state index is 0.921. The van der Waals surface area contributed by atoms with Crippen molar-refractivity contribution in [2.75, 3.05) is 18.5 Å². The van der Waals surface area contributed by atoms with Crippen molar-refractivity contribution in [3.63, 3.8) is 0 Å². The van der Waals surface area contributed by atoms with Crippen LogP contribution in [0.15, 0.2) is 22.9 Å². The first kappa shape index (κ1) is 9.00. The molecule has 0 atom stereocenters. The Hall–Kier alpha value is -0.570. The topological polar surface area (TPSA) is 16.1 Å². The molecule has 0 spiro atoms. The minimum absolute atomic E-state index is 0.921. The van der Waals surface area contributed by atoms with Gasteiger partial charge in [-0.25, -0.2) is 0 Å². The Kier molecular flexibility index (Phi) is 2.54. The Morgan fingerprint density at radius 3 is 3.00 bits per heavy atom. The standard InChI is InChI=1S/C10H13BrN2/c1-13(7-8-2-3-8)10-4-5-12-6-9(10)11/h4-6,8H,2-3,7H2,1H3. The largest absolute Gasteiger partial charge is 0.373 e. The lowest BCUT2D eigenvalue weighted by molar-refractivity contribution is 0.785. The highest BCUT2D eigenvalue weighted by Gasteiger charge is 2.23. The summed E-state index contributed by atoms with van der Waals surface area (Å²) in [5.74, 6) is 0.921. The van der Waals surface area contributed by atoms with E-state index in [1.165, 1.54) is 25.1 Å². The molecule has 1 saturated carbocycles. The zero-order chi connectivity index (χ0) is 9.26. The van der Waals surface area contributed by atoms with E-state index in [1.54, 1.807) is 0 Å². The Morgan fingerprint density at radius 2 is 2.38 bits per heavy atom. The second-order valence-corrected chi connectivity index (χ2v) is 4.51. The summed E-state index contributed by atoms with van der Waals surface area (Å²) in [6.45, 7) is 1.17. The highest BCUT2D eigenvalue weighted by Crippen LogP contribution is 2.32. The lowest BCUT2D eigenvalue weighted by Gasteiger charge is -2.19. The number of halogens is 1. The van der Waals surface area contributed by atoms with Crippen LogP contribution in [0.4, 0.5) is 5.69 Å². The van der Waals surface area contributed by atoms with Gasteiger partial charge >= 0.3 is 0 Å². The monoisotopic (exact) mass is 240 g/mol. The summed E-state index contributed by atoms with van der Waals surface area (Å²) >= 11 is 3.50. The van der Waals surface area contributed by atoms with Crippen LogP contribution in [0.3, 0.4) is 0 Å². The van der Waals surface area contributed by atoms with E-state index < -0.39 is 0 Å². The zero-order valence-corrected chi connectivity index (χ0v) is 9.29. The van der Waals surface area contributed by atoms with E-state index in [4.69, 9.17) is 0 Å². The molecule has 1 aromatic rings. The summed E-state index contributed by atoms with van der Waals surface area (Å²) in [6, 6.07) is 2.05. The van der Waals surface area contributed by atoms with Crippen molar-refractivity contribution in [3.05, 3.63) is 22.9 Å². The predicted octanol–water partition coefficient (Wildman–Crippen LogP) is 2.69. The SMILES string of the molecule is CN(CC1CC1)c1ccncc1Br. The number of aromatic nitrogens is 1. The number of hydrogen-bond acceptors (Lipinski definition) is 2. The molecule has 1 fully saturated rings. The van der Waals surface area contributed by atoms with Gasteiger partial charge in [-0.1, -0.05) is 0 Å². The van der Waals surface area contributed by atoms with E-state index in [-0.39, 0.29) is 0 Å². The van der Waals surface area contributed by atoms with Crippen molar-refractivity contribution in [2.45, 2.75) is 12.8 Å². The molecule has 0 radical (unpaired) electrons. The van der Waals surface area contributed by atoms with Gasteiger partial charge in [0.05, 0.1) is 10.2 Å². The molecule has 0 bridgehead atoms. The summed E-state index contributed by atoms with van der Waals surface area (Å²) in [5, 5.41) is 0. The fourth-order valence-electron chi connectivity index (χ4n) is 1.46. The fourth-order valence-corrected chi connectivity index (χ4v) is 2.02. The van der Waals surface area contributed by atoms with Crippen LogP contribution in [0.5, 0.6) is 0 Å². The molecule has 0 aliphatic heterocycles. The second kappa shape index (κ2) is 3.66. The molecule has 1 aliphatic carbocycles. The molecule has 0 N–H and O–H groups in total. The van der Waals surface area contributed by atoms with E-state index in [2.05, 4.69) is 32.9 Å². The van der Waals surface area contributed by atoms with E-state index in [1.807, 2.05) is 18.5 Å². The van der Waals surface area contributed by atoms with Crippen LogP contribution < -0.4 is 4.90 Å². The van der Waals surface area contributed by atoms with Gasteiger partial charge in [0.25, 0.3) is 0 Å². The molecule has 2 rings (SSSR count). The minimum Gasteiger partial charge on any atom is -0.373 e. The highest BCUT2D eigenvalue weighted by molar-refractivity contribution is 9.10. The van der Waals surface area contributed by atoms with Gasteiger partial charge in [-0.05, 0) is 40.8 Å². The third-order valence-corrected chi connectivity index (χ3v) is 3.00. The maximum atomic E-state index is 4.05. The van der Waals surface area contributed by atoms with Crippen LogP contribution in [-0.2, 0) is 0 Å². The van der Waals surface area contributed by atoms with E-state index >= 15 is 0 Å². The summed E-state index contributed by atoms with van der Waals surface area (Å²) in [5.41, 5.74) is 1.24. The van der Waals surface area contributed by atoms with Gasteiger partial charge in [-0.3, -0.25) is 4.98 Å². The van der Waals surface area contributed by atoms with Crippen molar-refractivity contribution < 1.29 is 0 Å². The Morgan fingerprint density at radius 1 is 1.62 bits per heavy atom. The predicted molar refractivity (Wildman–Crippen MR) is 57.9 cm³/mol. The third kappa shape index (κ3) is 2.21. The van der Waals surface area contributed by atoms with Crippen LogP contribution in [0.25, 0.3) is 0 Å². The van der Waals surface area contributed by atoms with E-state index in [0.29, 0.717) is 0 Å². The average molecular weight is 241 g/mol. The van der Waals surface area contributed by atoms with Crippen molar-refractivity contribution in [3.8, 4) is 0 Å². The molecule has 0 aromatic carbocycles. The summed E-state index contributed by atoms with van der Waals surface area (Å²) in [7, 11) is 2.14. The highest BCUT2D eigenvalue weighted by atomic mass is 79.9. The first-order chi connectivity index (χ1) is 6.27. The first-order valence-electron chi connectivity index (χ1n) is 4.58. The maximum Gasteiger partial charge on any atom is 0.0592 e. The Bertz CT molecular complexity index is 297. The van der Waals surface area contributed by atoms with Crippen LogP contribution >= 0.6 is 15.9 Å². The lowest BCUT2D eigenvalue weighted by Crippen LogP contribution is -2.20. The van der Waals surface area contributed by atoms with Crippen LogP contribution in [0.2, 0.25) is 0 Å². The third-order valence-electron chi connectivity index (χ3n) is 2.39. The maximum absolute atomic E-state index is 4.05. The van der Waals surface area contributed by atoms with Gasteiger partial charge in [0.1, 0.15) is 0 Å². The fraction of sp³-hybridized carbons (Fsp3) is 0.500. The molecule has 1 aliphatic rings. The van der Waals surface area contributed by atoms with Crippen LogP contribution in [0.1, 0.15) is 12.8 Å². The van der Waals surface area contributed by atoms with Gasteiger partial charge in [0, 0.05) is 26.0 Å².